The van der Waals surface area contributed by atoms with E-state index in [1.54, 1.807) is 0 Å². The Balaban J connectivity index is 1.76. The van der Waals surface area contributed by atoms with E-state index in [-0.39, 0.29) is 6.61 Å². The van der Waals surface area contributed by atoms with Gasteiger partial charge in [-0.15, -0.1) is 0 Å². The third kappa shape index (κ3) is 4.28. The zero-order chi connectivity index (χ0) is 14.3. The fourth-order valence-electron chi connectivity index (χ4n) is 2.50. The highest BCUT2D eigenvalue weighted by molar-refractivity contribution is 5.23. The number of aliphatic hydroxyl groups is 1. The molecule has 0 spiro atoms. The zero-order valence-electron chi connectivity index (χ0n) is 12.0. The molecular weight excluding hydrogens is 254 g/mol. The van der Waals surface area contributed by atoms with Crippen LogP contribution in [0.2, 0.25) is 0 Å². The van der Waals surface area contributed by atoms with Crippen molar-refractivity contribution in [3.63, 3.8) is 0 Å². The van der Waals surface area contributed by atoms with Crippen molar-refractivity contribution in [1.29, 1.82) is 0 Å². The van der Waals surface area contributed by atoms with Crippen LogP contribution in [0.15, 0.2) is 30.3 Å². The topological polar surface area (TPSA) is 64.7 Å². The second-order valence-corrected chi connectivity index (χ2v) is 5.56. The van der Waals surface area contributed by atoms with Crippen molar-refractivity contribution >= 4 is 0 Å². The molecule has 0 amide bonds. The SMILES string of the molecule is NC(CO)(CCOCC1CCOCC1)c1ccccc1. The van der Waals surface area contributed by atoms with Crippen molar-refractivity contribution in [3.8, 4) is 0 Å². The van der Waals surface area contributed by atoms with Crippen molar-refractivity contribution in [2.75, 3.05) is 33.0 Å². The average molecular weight is 279 g/mol. The molecule has 20 heavy (non-hydrogen) atoms. The maximum Gasteiger partial charge on any atom is 0.0666 e. The quantitative estimate of drug-likeness (QED) is 0.745. The normalized spacial score (nSPS) is 19.7. The summed E-state index contributed by atoms with van der Waals surface area (Å²) in [5.74, 6) is 0.599. The molecule has 1 aliphatic heterocycles. The molecule has 1 unspecified atom stereocenters. The summed E-state index contributed by atoms with van der Waals surface area (Å²) < 4.78 is 11.1. The lowest BCUT2D eigenvalue weighted by molar-refractivity contribution is 0.0140. The molecule has 112 valence electrons. The van der Waals surface area contributed by atoms with Crippen LogP contribution in [0.1, 0.15) is 24.8 Å². The number of nitrogens with two attached hydrogens (primary N) is 1. The number of benzene rings is 1. The minimum atomic E-state index is -0.711. The number of hydrogen-bond acceptors (Lipinski definition) is 4. The van der Waals surface area contributed by atoms with E-state index in [0.29, 0.717) is 18.9 Å². The lowest BCUT2D eigenvalue weighted by Gasteiger charge is -2.28. The van der Waals surface area contributed by atoms with Gasteiger partial charge < -0.3 is 20.3 Å². The van der Waals surface area contributed by atoms with Crippen LogP contribution in [0, 0.1) is 5.92 Å². The molecule has 1 aliphatic rings. The molecular formula is C16H25NO3. The van der Waals surface area contributed by atoms with Gasteiger partial charge in [0.05, 0.1) is 12.1 Å². The summed E-state index contributed by atoms with van der Waals surface area (Å²) in [6.07, 6.45) is 2.77. The van der Waals surface area contributed by atoms with Gasteiger partial charge in [0.15, 0.2) is 0 Å². The smallest absolute Gasteiger partial charge is 0.0666 e. The first kappa shape index (κ1) is 15.4. The van der Waals surface area contributed by atoms with Gasteiger partial charge in [0, 0.05) is 26.4 Å². The first-order valence-corrected chi connectivity index (χ1v) is 7.35. The lowest BCUT2D eigenvalue weighted by atomic mass is 9.89. The van der Waals surface area contributed by atoms with E-state index in [9.17, 15) is 5.11 Å². The van der Waals surface area contributed by atoms with E-state index in [4.69, 9.17) is 15.2 Å². The zero-order valence-corrected chi connectivity index (χ0v) is 12.0. The highest BCUT2D eigenvalue weighted by Gasteiger charge is 2.26. The molecule has 1 heterocycles. The second kappa shape index (κ2) is 7.74. The molecule has 3 N–H and O–H groups in total. The van der Waals surface area contributed by atoms with Crippen LogP contribution < -0.4 is 5.73 Å². The highest BCUT2D eigenvalue weighted by atomic mass is 16.5. The van der Waals surface area contributed by atoms with Crippen molar-refractivity contribution in [3.05, 3.63) is 35.9 Å². The van der Waals surface area contributed by atoms with Crippen LogP contribution >= 0.6 is 0 Å². The van der Waals surface area contributed by atoms with Gasteiger partial charge in [-0.05, 0) is 30.7 Å². The Kier molecular flexibility index (Phi) is 5.98. The molecule has 0 saturated carbocycles. The first-order valence-electron chi connectivity index (χ1n) is 7.35. The molecule has 1 atom stereocenters. The fourth-order valence-corrected chi connectivity index (χ4v) is 2.50. The second-order valence-electron chi connectivity index (χ2n) is 5.56. The molecule has 0 aromatic heterocycles. The van der Waals surface area contributed by atoms with E-state index >= 15 is 0 Å². The third-order valence-corrected chi connectivity index (χ3v) is 4.02. The minimum Gasteiger partial charge on any atom is -0.394 e. The Morgan fingerprint density at radius 2 is 1.95 bits per heavy atom. The van der Waals surface area contributed by atoms with Crippen molar-refractivity contribution in [2.45, 2.75) is 24.8 Å². The van der Waals surface area contributed by atoms with Gasteiger partial charge in [0.25, 0.3) is 0 Å². The van der Waals surface area contributed by atoms with Crippen molar-refractivity contribution < 1.29 is 14.6 Å². The highest BCUT2D eigenvalue weighted by Crippen LogP contribution is 2.22. The van der Waals surface area contributed by atoms with Crippen LogP contribution in [-0.4, -0.2) is 38.1 Å². The number of hydrogen-bond donors (Lipinski definition) is 2. The monoisotopic (exact) mass is 279 g/mol. The summed E-state index contributed by atoms with van der Waals surface area (Å²) in [6, 6.07) is 9.73. The predicted molar refractivity (Wildman–Crippen MR) is 78.4 cm³/mol. The summed E-state index contributed by atoms with van der Waals surface area (Å²) in [7, 11) is 0. The van der Waals surface area contributed by atoms with E-state index in [0.717, 1.165) is 38.2 Å². The molecule has 1 aromatic carbocycles. The Morgan fingerprint density at radius 3 is 2.60 bits per heavy atom. The minimum absolute atomic E-state index is 0.0718. The van der Waals surface area contributed by atoms with E-state index in [1.807, 2.05) is 30.3 Å². The van der Waals surface area contributed by atoms with Gasteiger partial charge in [-0.2, -0.15) is 0 Å². The molecule has 1 aromatic rings. The molecule has 0 bridgehead atoms. The van der Waals surface area contributed by atoms with Crippen molar-refractivity contribution in [2.24, 2.45) is 11.7 Å². The maximum atomic E-state index is 9.59. The Hall–Kier alpha value is -0.940. The molecule has 0 aliphatic carbocycles. The molecule has 4 nitrogen and oxygen atoms in total. The van der Waals surface area contributed by atoms with Gasteiger partial charge >= 0.3 is 0 Å². The first-order chi connectivity index (χ1) is 9.74. The summed E-state index contributed by atoms with van der Waals surface area (Å²) in [4.78, 5) is 0. The van der Waals surface area contributed by atoms with Crippen molar-refractivity contribution in [1.82, 2.24) is 0 Å². The summed E-state index contributed by atoms with van der Waals surface area (Å²) in [5.41, 5.74) is 6.53. The number of rotatable bonds is 7. The van der Waals surface area contributed by atoms with E-state index < -0.39 is 5.54 Å². The molecule has 4 heteroatoms. The lowest BCUT2D eigenvalue weighted by Crippen LogP contribution is -2.41. The molecule has 1 saturated heterocycles. The number of ether oxygens (including phenoxy) is 2. The average Bonchev–Trinajstić information content (AvgIpc) is 2.53. The van der Waals surface area contributed by atoms with E-state index in [2.05, 4.69) is 0 Å². The van der Waals surface area contributed by atoms with Gasteiger partial charge in [-0.3, -0.25) is 0 Å². The summed E-state index contributed by atoms with van der Waals surface area (Å²) in [6.45, 7) is 2.95. The summed E-state index contributed by atoms with van der Waals surface area (Å²) >= 11 is 0. The standard InChI is InChI=1S/C16H25NO3/c17-16(13-18,15-4-2-1-3-5-15)8-11-20-12-14-6-9-19-10-7-14/h1-5,14,18H,6-13,17H2. The summed E-state index contributed by atoms with van der Waals surface area (Å²) in [5, 5.41) is 9.59. The Bertz CT molecular complexity index is 379. The predicted octanol–water partition coefficient (Wildman–Crippen LogP) is 1.67. The van der Waals surface area contributed by atoms with Crippen LogP contribution in [0.3, 0.4) is 0 Å². The van der Waals surface area contributed by atoms with E-state index in [1.165, 1.54) is 0 Å². The largest absolute Gasteiger partial charge is 0.394 e. The van der Waals surface area contributed by atoms with Crippen LogP contribution in [-0.2, 0) is 15.0 Å². The fraction of sp³-hybridized carbons (Fsp3) is 0.625. The molecule has 0 radical (unpaired) electrons. The number of aliphatic hydroxyl groups excluding tert-OH is 1. The van der Waals surface area contributed by atoms with Gasteiger partial charge in [-0.1, -0.05) is 30.3 Å². The van der Waals surface area contributed by atoms with Gasteiger partial charge in [0.1, 0.15) is 0 Å². The maximum absolute atomic E-state index is 9.59. The Labute approximate surface area is 120 Å². The Morgan fingerprint density at radius 1 is 1.25 bits per heavy atom. The van der Waals surface area contributed by atoms with Crippen LogP contribution in [0.4, 0.5) is 0 Å². The third-order valence-electron chi connectivity index (χ3n) is 4.02. The molecule has 1 fully saturated rings. The van der Waals surface area contributed by atoms with Gasteiger partial charge in [0.2, 0.25) is 0 Å². The van der Waals surface area contributed by atoms with Crippen LogP contribution in [0.25, 0.3) is 0 Å². The van der Waals surface area contributed by atoms with Gasteiger partial charge in [-0.25, -0.2) is 0 Å². The molecule has 2 rings (SSSR count). The van der Waals surface area contributed by atoms with Crippen LogP contribution in [0.5, 0.6) is 0 Å².